The summed E-state index contributed by atoms with van der Waals surface area (Å²) in [4.78, 5) is 4.18. The molecule has 2 aromatic rings. The van der Waals surface area contributed by atoms with Gasteiger partial charge in [-0.05, 0) is 12.1 Å². The molecular weight excluding hydrogens is 209 g/mol. The van der Waals surface area contributed by atoms with Gasteiger partial charge in [-0.2, -0.15) is 5.10 Å². The molecule has 0 saturated heterocycles. The number of rotatable bonds is 3. The van der Waals surface area contributed by atoms with Crippen LogP contribution in [0.25, 0.3) is 11.4 Å². The Morgan fingerprint density at radius 2 is 2.25 bits per heavy atom. The Kier molecular flexibility index (Phi) is 2.85. The van der Waals surface area contributed by atoms with Crippen LogP contribution in [0.5, 0.6) is 5.75 Å². The largest absolute Gasteiger partial charge is 0.496 e. The molecule has 4 nitrogen and oxygen atoms in total. The van der Waals surface area contributed by atoms with E-state index in [1.54, 1.807) is 12.1 Å². The average Bonchev–Trinajstić information content (AvgIpc) is 2.76. The quantitative estimate of drug-likeness (QED) is 0.864. The molecule has 1 N–H and O–H groups in total. The topological polar surface area (TPSA) is 50.8 Å². The van der Waals surface area contributed by atoms with Gasteiger partial charge in [-0.1, -0.05) is 13.0 Å². The number of H-pyrrole nitrogens is 1. The maximum absolute atomic E-state index is 13.7. The normalized spacial score (nSPS) is 10.4. The molecule has 0 unspecified atom stereocenters. The predicted octanol–water partition coefficient (Wildman–Crippen LogP) is 2.18. The van der Waals surface area contributed by atoms with Crippen LogP contribution in [0, 0.1) is 5.82 Å². The standard InChI is InChI=1S/C11H12FN3O/c1-3-9-13-11(15-14-9)10-7(12)5-4-6-8(10)16-2/h4-6H,3H2,1-2H3,(H,13,14,15). The van der Waals surface area contributed by atoms with E-state index in [4.69, 9.17) is 4.74 Å². The van der Waals surface area contributed by atoms with Crippen LogP contribution in [0.4, 0.5) is 4.39 Å². The molecule has 0 aliphatic carbocycles. The Labute approximate surface area is 92.5 Å². The molecule has 84 valence electrons. The SMILES string of the molecule is CCc1nc(-c2c(F)cccc2OC)n[nH]1. The van der Waals surface area contributed by atoms with E-state index in [0.717, 1.165) is 12.2 Å². The lowest BCUT2D eigenvalue weighted by Crippen LogP contribution is -1.93. The summed E-state index contributed by atoms with van der Waals surface area (Å²) in [5, 5.41) is 6.72. The van der Waals surface area contributed by atoms with E-state index in [0.29, 0.717) is 17.1 Å². The van der Waals surface area contributed by atoms with Crippen molar-refractivity contribution < 1.29 is 9.13 Å². The van der Waals surface area contributed by atoms with Crippen molar-refractivity contribution in [3.8, 4) is 17.1 Å². The molecular formula is C11H12FN3O. The zero-order valence-electron chi connectivity index (χ0n) is 9.12. The average molecular weight is 221 g/mol. The molecule has 0 amide bonds. The predicted molar refractivity (Wildman–Crippen MR) is 57.7 cm³/mol. The number of nitrogens with one attached hydrogen (secondary N) is 1. The van der Waals surface area contributed by atoms with Crippen molar-refractivity contribution in [1.29, 1.82) is 0 Å². The zero-order valence-corrected chi connectivity index (χ0v) is 9.12. The third-order valence-electron chi connectivity index (χ3n) is 2.29. The number of aromatic amines is 1. The Hall–Kier alpha value is -1.91. The number of halogens is 1. The van der Waals surface area contributed by atoms with Crippen molar-refractivity contribution >= 4 is 0 Å². The molecule has 0 bridgehead atoms. The fraction of sp³-hybridized carbons (Fsp3) is 0.273. The number of benzene rings is 1. The highest BCUT2D eigenvalue weighted by Crippen LogP contribution is 2.29. The summed E-state index contributed by atoms with van der Waals surface area (Å²) >= 11 is 0. The monoisotopic (exact) mass is 221 g/mol. The molecule has 16 heavy (non-hydrogen) atoms. The highest BCUT2D eigenvalue weighted by atomic mass is 19.1. The molecule has 0 aliphatic rings. The second-order valence-electron chi connectivity index (χ2n) is 3.28. The van der Waals surface area contributed by atoms with Crippen LogP contribution in [0.1, 0.15) is 12.7 Å². The Balaban J connectivity index is 2.53. The van der Waals surface area contributed by atoms with Gasteiger partial charge >= 0.3 is 0 Å². The lowest BCUT2D eigenvalue weighted by atomic mass is 10.2. The number of nitrogens with zero attached hydrogens (tertiary/aromatic N) is 2. The third kappa shape index (κ3) is 1.76. The van der Waals surface area contributed by atoms with Crippen molar-refractivity contribution in [1.82, 2.24) is 15.2 Å². The zero-order chi connectivity index (χ0) is 11.5. The van der Waals surface area contributed by atoms with Crippen LogP contribution >= 0.6 is 0 Å². The van der Waals surface area contributed by atoms with Crippen LogP contribution in [-0.2, 0) is 6.42 Å². The van der Waals surface area contributed by atoms with Gasteiger partial charge in [-0.15, -0.1) is 0 Å². The molecule has 0 fully saturated rings. The number of hydrogen-bond donors (Lipinski definition) is 1. The Bertz CT molecular complexity index is 496. The van der Waals surface area contributed by atoms with Crippen molar-refractivity contribution in [2.24, 2.45) is 0 Å². The smallest absolute Gasteiger partial charge is 0.187 e. The van der Waals surface area contributed by atoms with Gasteiger partial charge < -0.3 is 4.74 Å². The van der Waals surface area contributed by atoms with Crippen LogP contribution in [0.15, 0.2) is 18.2 Å². The number of methoxy groups -OCH3 is 1. The lowest BCUT2D eigenvalue weighted by molar-refractivity contribution is 0.413. The van der Waals surface area contributed by atoms with Gasteiger partial charge in [0.2, 0.25) is 0 Å². The number of aromatic nitrogens is 3. The summed E-state index contributed by atoms with van der Waals surface area (Å²) in [5.74, 6) is 1.09. The number of hydrogen-bond acceptors (Lipinski definition) is 3. The van der Waals surface area contributed by atoms with Gasteiger partial charge in [0.15, 0.2) is 5.82 Å². The summed E-state index contributed by atoms with van der Waals surface area (Å²) in [6, 6.07) is 4.63. The highest BCUT2D eigenvalue weighted by molar-refractivity contribution is 5.64. The van der Waals surface area contributed by atoms with Crippen LogP contribution in [0.2, 0.25) is 0 Å². The van der Waals surface area contributed by atoms with Crippen molar-refractivity contribution in [3.05, 3.63) is 29.8 Å². The maximum atomic E-state index is 13.7. The number of ether oxygens (including phenoxy) is 1. The first-order valence-electron chi connectivity index (χ1n) is 5.00. The first-order chi connectivity index (χ1) is 7.76. The van der Waals surface area contributed by atoms with E-state index in [9.17, 15) is 4.39 Å². The van der Waals surface area contributed by atoms with E-state index in [2.05, 4.69) is 15.2 Å². The van der Waals surface area contributed by atoms with Crippen LogP contribution in [-0.4, -0.2) is 22.3 Å². The van der Waals surface area contributed by atoms with E-state index >= 15 is 0 Å². The lowest BCUT2D eigenvalue weighted by Gasteiger charge is -2.05. The second-order valence-corrected chi connectivity index (χ2v) is 3.28. The molecule has 0 radical (unpaired) electrons. The minimum atomic E-state index is -0.388. The minimum absolute atomic E-state index is 0.293. The molecule has 5 heteroatoms. The van der Waals surface area contributed by atoms with Crippen molar-refractivity contribution in [3.63, 3.8) is 0 Å². The van der Waals surface area contributed by atoms with Crippen molar-refractivity contribution in [2.45, 2.75) is 13.3 Å². The van der Waals surface area contributed by atoms with Gasteiger partial charge in [-0.25, -0.2) is 9.37 Å². The van der Waals surface area contributed by atoms with E-state index in [1.807, 2.05) is 6.92 Å². The molecule has 2 rings (SSSR count). The number of aryl methyl sites for hydroxylation is 1. The summed E-state index contributed by atoms with van der Waals surface area (Å²) in [6.07, 6.45) is 0.726. The molecule has 1 aromatic heterocycles. The Morgan fingerprint density at radius 3 is 2.88 bits per heavy atom. The molecule has 1 aromatic carbocycles. The summed E-state index contributed by atoms with van der Waals surface area (Å²) in [6.45, 7) is 1.95. The van der Waals surface area contributed by atoms with Crippen LogP contribution in [0.3, 0.4) is 0 Å². The summed E-state index contributed by atoms with van der Waals surface area (Å²) in [7, 11) is 1.49. The van der Waals surface area contributed by atoms with E-state index < -0.39 is 0 Å². The van der Waals surface area contributed by atoms with E-state index in [-0.39, 0.29) is 5.82 Å². The minimum Gasteiger partial charge on any atom is -0.496 e. The molecule has 0 atom stereocenters. The summed E-state index contributed by atoms with van der Waals surface area (Å²) in [5.41, 5.74) is 0.293. The van der Waals surface area contributed by atoms with Gasteiger partial charge in [-0.3, -0.25) is 5.10 Å². The summed E-state index contributed by atoms with van der Waals surface area (Å²) < 4.78 is 18.8. The first-order valence-corrected chi connectivity index (χ1v) is 5.00. The molecule has 0 spiro atoms. The van der Waals surface area contributed by atoms with Gasteiger partial charge in [0.05, 0.1) is 12.7 Å². The Morgan fingerprint density at radius 1 is 1.44 bits per heavy atom. The molecule has 0 saturated carbocycles. The fourth-order valence-corrected chi connectivity index (χ4v) is 1.46. The fourth-order valence-electron chi connectivity index (χ4n) is 1.46. The van der Waals surface area contributed by atoms with E-state index in [1.165, 1.54) is 13.2 Å². The van der Waals surface area contributed by atoms with Gasteiger partial charge in [0.25, 0.3) is 0 Å². The van der Waals surface area contributed by atoms with Crippen LogP contribution < -0.4 is 4.74 Å². The molecule has 1 heterocycles. The molecule has 0 aliphatic heterocycles. The van der Waals surface area contributed by atoms with Gasteiger partial charge in [0, 0.05) is 6.42 Å². The maximum Gasteiger partial charge on any atom is 0.187 e. The second kappa shape index (κ2) is 4.30. The third-order valence-corrected chi connectivity index (χ3v) is 2.29. The first kappa shape index (κ1) is 10.6. The van der Waals surface area contributed by atoms with Gasteiger partial charge in [0.1, 0.15) is 17.4 Å². The van der Waals surface area contributed by atoms with Crippen molar-refractivity contribution in [2.75, 3.05) is 7.11 Å². The highest BCUT2D eigenvalue weighted by Gasteiger charge is 2.15.